The monoisotopic (exact) mass is 279 g/mol. The molecule has 0 spiro atoms. The topological polar surface area (TPSA) is 30.5 Å². The molecule has 0 bridgehead atoms. The van der Waals surface area contributed by atoms with Crippen molar-refractivity contribution in [1.82, 2.24) is 5.32 Å². The number of methoxy groups -OCH3 is 1. The maximum absolute atomic E-state index is 5.82. The molecular weight excluding hydrogens is 250 g/mol. The molecule has 3 heteroatoms. The van der Waals surface area contributed by atoms with E-state index < -0.39 is 0 Å². The van der Waals surface area contributed by atoms with Gasteiger partial charge in [0.25, 0.3) is 0 Å². The van der Waals surface area contributed by atoms with E-state index in [1.807, 2.05) is 7.05 Å². The molecule has 1 rings (SSSR count). The molecule has 0 aliphatic carbocycles. The van der Waals surface area contributed by atoms with Crippen LogP contribution in [0.15, 0.2) is 18.2 Å². The van der Waals surface area contributed by atoms with Crippen molar-refractivity contribution in [3.05, 3.63) is 34.9 Å². The lowest BCUT2D eigenvalue weighted by Crippen LogP contribution is -2.26. The fourth-order valence-corrected chi connectivity index (χ4v) is 2.18. The van der Waals surface area contributed by atoms with Gasteiger partial charge < -0.3 is 14.8 Å². The fraction of sp³-hybridized carbons (Fsp3) is 0.647. The summed E-state index contributed by atoms with van der Waals surface area (Å²) in [7, 11) is 3.72. The maximum Gasteiger partial charge on any atom is 0.0661 e. The van der Waals surface area contributed by atoms with Crippen LogP contribution in [0.2, 0.25) is 0 Å². The number of hydrogen-bond donors (Lipinski definition) is 1. The first-order valence-corrected chi connectivity index (χ1v) is 7.26. The van der Waals surface area contributed by atoms with Crippen LogP contribution in [-0.2, 0) is 9.47 Å². The van der Waals surface area contributed by atoms with E-state index in [4.69, 9.17) is 9.47 Å². The minimum Gasteiger partial charge on any atom is -0.379 e. The Kier molecular flexibility index (Phi) is 6.66. The first-order valence-electron chi connectivity index (χ1n) is 7.26. The summed E-state index contributed by atoms with van der Waals surface area (Å²) < 4.78 is 11.2. The molecule has 0 aliphatic rings. The lowest BCUT2D eigenvalue weighted by molar-refractivity contribution is -0.0122. The zero-order chi connectivity index (χ0) is 15.2. The molecule has 0 radical (unpaired) electrons. The van der Waals surface area contributed by atoms with Crippen molar-refractivity contribution in [2.24, 2.45) is 0 Å². The maximum atomic E-state index is 5.82. The summed E-state index contributed by atoms with van der Waals surface area (Å²) in [6.45, 7) is 9.81. The van der Waals surface area contributed by atoms with Crippen molar-refractivity contribution >= 4 is 0 Å². The molecule has 1 unspecified atom stereocenters. The van der Waals surface area contributed by atoms with E-state index in [0.29, 0.717) is 13.2 Å². The zero-order valence-electron chi connectivity index (χ0n) is 13.7. The summed E-state index contributed by atoms with van der Waals surface area (Å²) in [5.41, 5.74) is 3.76. The highest BCUT2D eigenvalue weighted by atomic mass is 16.5. The minimum atomic E-state index is -0.116. The molecule has 1 N–H and O–H groups in total. The quantitative estimate of drug-likeness (QED) is 0.740. The Morgan fingerprint density at radius 3 is 2.25 bits per heavy atom. The van der Waals surface area contributed by atoms with Gasteiger partial charge in [-0.3, -0.25) is 0 Å². The van der Waals surface area contributed by atoms with E-state index in [1.165, 1.54) is 16.7 Å². The third kappa shape index (κ3) is 5.61. The van der Waals surface area contributed by atoms with Gasteiger partial charge in [-0.2, -0.15) is 0 Å². The number of hydrogen-bond acceptors (Lipinski definition) is 3. The van der Waals surface area contributed by atoms with E-state index in [1.54, 1.807) is 7.11 Å². The predicted octanol–water partition coefficient (Wildman–Crippen LogP) is 3.40. The highest BCUT2D eigenvalue weighted by Crippen LogP contribution is 2.18. The summed E-state index contributed by atoms with van der Waals surface area (Å²) in [6, 6.07) is 6.87. The number of aryl methyl sites for hydroxylation is 2. The van der Waals surface area contributed by atoms with E-state index in [-0.39, 0.29) is 11.6 Å². The normalized spacial score (nSPS) is 13.5. The Bertz CT molecular complexity index is 395. The molecule has 1 atom stereocenters. The van der Waals surface area contributed by atoms with Crippen LogP contribution < -0.4 is 5.32 Å². The lowest BCUT2D eigenvalue weighted by Gasteiger charge is -2.23. The van der Waals surface area contributed by atoms with Crippen LogP contribution in [0.3, 0.4) is 0 Å². The molecule has 0 saturated heterocycles. The van der Waals surface area contributed by atoms with Crippen LogP contribution >= 0.6 is 0 Å². The summed E-state index contributed by atoms with van der Waals surface area (Å²) in [5, 5.41) is 3.33. The Morgan fingerprint density at radius 1 is 1.15 bits per heavy atom. The average Bonchev–Trinajstić information content (AvgIpc) is 2.37. The van der Waals surface area contributed by atoms with E-state index in [9.17, 15) is 0 Å². The molecule has 3 nitrogen and oxygen atoms in total. The number of likely N-dealkylation sites (N-methyl/N-ethyl adjacent to an activating group) is 1. The summed E-state index contributed by atoms with van der Waals surface area (Å²) in [5.74, 6) is 0. The standard InChI is InChI=1S/C17H29NO2/c1-13-9-14(2)11-15(10-13)16(18-5)12-20-8-7-17(3,4)19-6/h9-11,16,18H,7-8,12H2,1-6H3. The Hall–Kier alpha value is -0.900. The third-order valence-corrected chi connectivity index (χ3v) is 3.68. The van der Waals surface area contributed by atoms with Gasteiger partial charge in [0.1, 0.15) is 0 Å². The van der Waals surface area contributed by atoms with Crippen LogP contribution in [0.5, 0.6) is 0 Å². The highest BCUT2D eigenvalue weighted by Gasteiger charge is 2.16. The SMILES string of the molecule is CNC(COCCC(C)(C)OC)c1cc(C)cc(C)c1. The average molecular weight is 279 g/mol. The van der Waals surface area contributed by atoms with Crippen molar-refractivity contribution < 1.29 is 9.47 Å². The van der Waals surface area contributed by atoms with Crippen molar-refractivity contribution in [3.8, 4) is 0 Å². The first-order chi connectivity index (χ1) is 9.38. The first kappa shape index (κ1) is 17.2. The van der Waals surface area contributed by atoms with Gasteiger partial charge in [0.05, 0.1) is 18.2 Å². The van der Waals surface area contributed by atoms with Crippen LogP contribution in [-0.4, -0.2) is 33.0 Å². The van der Waals surface area contributed by atoms with Gasteiger partial charge in [-0.05, 0) is 46.7 Å². The molecule has 0 aliphatic heterocycles. The molecule has 0 amide bonds. The van der Waals surface area contributed by atoms with Crippen molar-refractivity contribution in [2.75, 3.05) is 27.4 Å². The van der Waals surface area contributed by atoms with E-state index >= 15 is 0 Å². The molecular formula is C17H29NO2. The van der Waals surface area contributed by atoms with Gasteiger partial charge in [-0.25, -0.2) is 0 Å². The van der Waals surface area contributed by atoms with Crippen LogP contribution in [0, 0.1) is 13.8 Å². The van der Waals surface area contributed by atoms with Crippen molar-refractivity contribution in [1.29, 1.82) is 0 Å². The van der Waals surface area contributed by atoms with Crippen molar-refractivity contribution in [2.45, 2.75) is 45.8 Å². The smallest absolute Gasteiger partial charge is 0.0661 e. The molecule has 0 fully saturated rings. The highest BCUT2D eigenvalue weighted by molar-refractivity contribution is 5.30. The largest absolute Gasteiger partial charge is 0.379 e. The molecule has 0 aromatic heterocycles. The molecule has 114 valence electrons. The molecule has 1 aromatic carbocycles. The number of rotatable bonds is 8. The van der Waals surface area contributed by atoms with Crippen LogP contribution in [0.25, 0.3) is 0 Å². The lowest BCUT2D eigenvalue weighted by atomic mass is 10.0. The Labute approximate surface area is 123 Å². The second kappa shape index (κ2) is 7.77. The van der Waals surface area contributed by atoms with Crippen LogP contribution in [0.4, 0.5) is 0 Å². The molecule has 0 heterocycles. The summed E-state index contributed by atoms with van der Waals surface area (Å²) in [4.78, 5) is 0. The molecule has 20 heavy (non-hydrogen) atoms. The van der Waals surface area contributed by atoms with Gasteiger partial charge >= 0.3 is 0 Å². The third-order valence-electron chi connectivity index (χ3n) is 3.68. The number of benzene rings is 1. The summed E-state index contributed by atoms with van der Waals surface area (Å²) >= 11 is 0. The molecule has 0 saturated carbocycles. The Morgan fingerprint density at radius 2 is 1.75 bits per heavy atom. The van der Waals surface area contributed by atoms with E-state index in [0.717, 1.165) is 6.42 Å². The predicted molar refractivity (Wildman–Crippen MR) is 84.2 cm³/mol. The number of ether oxygens (including phenoxy) is 2. The minimum absolute atomic E-state index is 0.116. The number of nitrogens with one attached hydrogen (secondary N) is 1. The van der Waals surface area contributed by atoms with Gasteiger partial charge in [-0.1, -0.05) is 29.3 Å². The van der Waals surface area contributed by atoms with Gasteiger partial charge in [0.2, 0.25) is 0 Å². The zero-order valence-corrected chi connectivity index (χ0v) is 13.7. The van der Waals surface area contributed by atoms with Gasteiger partial charge in [0, 0.05) is 13.7 Å². The Balaban J connectivity index is 2.51. The second-order valence-electron chi connectivity index (χ2n) is 6.05. The summed E-state index contributed by atoms with van der Waals surface area (Å²) in [6.07, 6.45) is 0.896. The second-order valence-corrected chi connectivity index (χ2v) is 6.05. The van der Waals surface area contributed by atoms with E-state index in [2.05, 4.69) is 51.2 Å². The van der Waals surface area contributed by atoms with Crippen molar-refractivity contribution in [3.63, 3.8) is 0 Å². The fourth-order valence-electron chi connectivity index (χ4n) is 2.18. The van der Waals surface area contributed by atoms with Gasteiger partial charge in [0.15, 0.2) is 0 Å². The van der Waals surface area contributed by atoms with Gasteiger partial charge in [-0.15, -0.1) is 0 Å². The molecule has 1 aromatic rings. The van der Waals surface area contributed by atoms with Crippen LogP contribution in [0.1, 0.15) is 43.0 Å².